The van der Waals surface area contributed by atoms with Crippen molar-refractivity contribution in [2.75, 3.05) is 18.6 Å². The Morgan fingerprint density at radius 2 is 2.32 bits per heavy atom. The topological polar surface area (TPSA) is 55.3 Å². The van der Waals surface area contributed by atoms with E-state index < -0.39 is 0 Å². The number of nitrogens with zero attached hydrogens (tertiary/aromatic N) is 3. The SMILES string of the molecule is CCOC(=O)c1csc(N(C)Cc2ccccn2)n1. The summed E-state index contributed by atoms with van der Waals surface area (Å²) in [5.74, 6) is -0.378. The van der Waals surface area contributed by atoms with E-state index in [0.717, 1.165) is 10.8 Å². The molecule has 0 saturated heterocycles. The van der Waals surface area contributed by atoms with Crippen molar-refractivity contribution in [3.8, 4) is 0 Å². The molecule has 6 heteroatoms. The molecule has 0 bridgehead atoms. The molecule has 2 rings (SSSR count). The molecule has 5 nitrogen and oxygen atoms in total. The van der Waals surface area contributed by atoms with Gasteiger partial charge in [-0.05, 0) is 19.1 Å². The molecular formula is C13H15N3O2S. The summed E-state index contributed by atoms with van der Waals surface area (Å²) in [4.78, 5) is 22.0. The zero-order valence-electron chi connectivity index (χ0n) is 10.9. The first-order chi connectivity index (χ1) is 9.20. The van der Waals surface area contributed by atoms with Crippen LogP contribution in [0.1, 0.15) is 23.1 Å². The molecule has 100 valence electrons. The average molecular weight is 277 g/mol. The fourth-order valence-corrected chi connectivity index (χ4v) is 2.30. The van der Waals surface area contributed by atoms with E-state index in [4.69, 9.17) is 4.74 Å². The number of rotatable bonds is 5. The van der Waals surface area contributed by atoms with Crippen molar-refractivity contribution >= 4 is 22.4 Å². The number of carbonyl (C=O) groups is 1. The molecule has 0 amide bonds. The van der Waals surface area contributed by atoms with Gasteiger partial charge in [0.25, 0.3) is 0 Å². The lowest BCUT2D eigenvalue weighted by atomic mass is 10.3. The molecule has 0 aromatic carbocycles. The molecule has 0 radical (unpaired) electrons. The highest BCUT2D eigenvalue weighted by molar-refractivity contribution is 7.13. The molecular weight excluding hydrogens is 262 g/mol. The number of ether oxygens (including phenoxy) is 1. The van der Waals surface area contributed by atoms with Crippen LogP contribution < -0.4 is 4.90 Å². The lowest BCUT2D eigenvalue weighted by Gasteiger charge is -2.14. The van der Waals surface area contributed by atoms with E-state index in [9.17, 15) is 4.79 Å². The van der Waals surface area contributed by atoms with E-state index >= 15 is 0 Å². The Morgan fingerprint density at radius 1 is 1.47 bits per heavy atom. The van der Waals surface area contributed by atoms with Gasteiger partial charge in [0.15, 0.2) is 10.8 Å². The predicted molar refractivity (Wildman–Crippen MR) is 74.4 cm³/mol. The van der Waals surface area contributed by atoms with E-state index in [-0.39, 0.29) is 5.97 Å². The van der Waals surface area contributed by atoms with Crippen LogP contribution >= 0.6 is 11.3 Å². The number of anilines is 1. The number of esters is 1. The monoisotopic (exact) mass is 277 g/mol. The van der Waals surface area contributed by atoms with Gasteiger partial charge in [0, 0.05) is 18.6 Å². The lowest BCUT2D eigenvalue weighted by Crippen LogP contribution is -2.17. The second kappa shape index (κ2) is 6.29. The molecule has 0 saturated carbocycles. The third-order valence-corrected chi connectivity index (χ3v) is 3.38. The molecule has 19 heavy (non-hydrogen) atoms. The number of pyridine rings is 1. The second-order valence-corrected chi connectivity index (χ2v) is 4.75. The minimum absolute atomic E-state index is 0.356. The summed E-state index contributed by atoms with van der Waals surface area (Å²) in [5, 5.41) is 2.48. The smallest absolute Gasteiger partial charge is 0.357 e. The Morgan fingerprint density at radius 3 is 3.00 bits per heavy atom. The molecule has 0 aliphatic carbocycles. The van der Waals surface area contributed by atoms with E-state index in [2.05, 4.69) is 9.97 Å². The van der Waals surface area contributed by atoms with Gasteiger partial charge in [0.2, 0.25) is 0 Å². The summed E-state index contributed by atoms with van der Waals surface area (Å²) in [7, 11) is 1.92. The van der Waals surface area contributed by atoms with Crippen LogP contribution in [0, 0.1) is 0 Å². The van der Waals surface area contributed by atoms with E-state index in [1.54, 1.807) is 18.5 Å². The zero-order chi connectivity index (χ0) is 13.7. The summed E-state index contributed by atoms with van der Waals surface area (Å²) in [6.45, 7) is 2.78. The highest BCUT2D eigenvalue weighted by atomic mass is 32.1. The van der Waals surface area contributed by atoms with Crippen molar-refractivity contribution in [2.45, 2.75) is 13.5 Å². The fourth-order valence-electron chi connectivity index (χ4n) is 1.54. The quantitative estimate of drug-likeness (QED) is 0.785. The molecule has 2 heterocycles. The van der Waals surface area contributed by atoms with Gasteiger partial charge in [-0.25, -0.2) is 9.78 Å². The minimum Gasteiger partial charge on any atom is -0.461 e. The van der Waals surface area contributed by atoms with Crippen LogP contribution in [0.4, 0.5) is 5.13 Å². The van der Waals surface area contributed by atoms with Crippen LogP contribution in [0.3, 0.4) is 0 Å². The van der Waals surface area contributed by atoms with Gasteiger partial charge in [0.1, 0.15) is 0 Å². The van der Waals surface area contributed by atoms with Crippen molar-refractivity contribution in [2.24, 2.45) is 0 Å². The molecule has 0 aliphatic heterocycles. The van der Waals surface area contributed by atoms with Crippen LogP contribution in [0.15, 0.2) is 29.8 Å². The second-order valence-electron chi connectivity index (χ2n) is 3.91. The van der Waals surface area contributed by atoms with Crippen LogP contribution in [0.25, 0.3) is 0 Å². The maximum absolute atomic E-state index is 11.5. The van der Waals surface area contributed by atoms with Crippen molar-refractivity contribution in [1.29, 1.82) is 0 Å². The summed E-state index contributed by atoms with van der Waals surface area (Å²) >= 11 is 1.42. The van der Waals surface area contributed by atoms with Crippen molar-refractivity contribution in [3.63, 3.8) is 0 Å². The molecule has 0 aliphatic rings. The van der Waals surface area contributed by atoms with Crippen LogP contribution in [-0.2, 0) is 11.3 Å². The Kier molecular flexibility index (Phi) is 4.46. The van der Waals surface area contributed by atoms with Crippen molar-refractivity contribution in [3.05, 3.63) is 41.2 Å². The molecule has 0 N–H and O–H groups in total. The molecule has 0 atom stereocenters. The zero-order valence-corrected chi connectivity index (χ0v) is 11.7. The average Bonchev–Trinajstić information content (AvgIpc) is 2.90. The van der Waals surface area contributed by atoms with Crippen LogP contribution in [0.5, 0.6) is 0 Å². The van der Waals surface area contributed by atoms with Gasteiger partial charge in [-0.15, -0.1) is 11.3 Å². The summed E-state index contributed by atoms with van der Waals surface area (Å²) in [6, 6.07) is 5.78. The van der Waals surface area contributed by atoms with Gasteiger partial charge in [0.05, 0.1) is 18.8 Å². The molecule has 0 spiro atoms. The Labute approximate surface area is 115 Å². The van der Waals surface area contributed by atoms with Crippen molar-refractivity contribution in [1.82, 2.24) is 9.97 Å². The number of carbonyl (C=O) groups excluding carboxylic acids is 1. The molecule has 0 unspecified atom stereocenters. The standard InChI is InChI=1S/C13H15N3O2S/c1-3-18-12(17)11-9-19-13(15-11)16(2)8-10-6-4-5-7-14-10/h4-7,9H,3,8H2,1-2H3. The van der Waals surface area contributed by atoms with Gasteiger partial charge in [-0.1, -0.05) is 6.07 Å². The van der Waals surface area contributed by atoms with Gasteiger partial charge in [-0.3, -0.25) is 4.98 Å². The normalized spacial score (nSPS) is 10.2. The van der Waals surface area contributed by atoms with Gasteiger partial charge >= 0.3 is 5.97 Å². The van der Waals surface area contributed by atoms with Gasteiger partial charge < -0.3 is 9.64 Å². The highest BCUT2D eigenvalue weighted by Crippen LogP contribution is 2.21. The molecule has 2 aromatic rings. The molecule has 2 aromatic heterocycles. The van der Waals surface area contributed by atoms with E-state index in [0.29, 0.717) is 18.8 Å². The van der Waals surface area contributed by atoms with Crippen LogP contribution in [0.2, 0.25) is 0 Å². The Hall–Kier alpha value is -1.95. The Balaban J connectivity index is 2.04. The third-order valence-electron chi connectivity index (χ3n) is 2.43. The largest absolute Gasteiger partial charge is 0.461 e. The Bertz CT molecular complexity index is 542. The third kappa shape index (κ3) is 3.51. The number of hydrogen-bond donors (Lipinski definition) is 0. The van der Waals surface area contributed by atoms with E-state index in [1.807, 2.05) is 30.1 Å². The number of aromatic nitrogens is 2. The van der Waals surface area contributed by atoms with Gasteiger partial charge in [-0.2, -0.15) is 0 Å². The minimum atomic E-state index is -0.378. The predicted octanol–water partition coefficient (Wildman–Crippen LogP) is 2.35. The van der Waals surface area contributed by atoms with E-state index in [1.165, 1.54) is 11.3 Å². The number of hydrogen-bond acceptors (Lipinski definition) is 6. The fraction of sp³-hybridized carbons (Fsp3) is 0.308. The first kappa shape index (κ1) is 13.5. The first-order valence-electron chi connectivity index (χ1n) is 5.94. The summed E-state index contributed by atoms with van der Waals surface area (Å²) < 4.78 is 4.91. The first-order valence-corrected chi connectivity index (χ1v) is 6.82. The summed E-state index contributed by atoms with van der Waals surface area (Å²) in [5.41, 5.74) is 1.31. The number of thiazole rings is 1. The summed E-state index contributed by atoms with van der Waals surface area (Å²) in [6.07, 6.45) is 1.76. The molecule has 0 fully saturated rings. The lowest BCUT2D eigenvalue weighted by molar-refractivity contribution is 0.0520. The maximum Gasteiger partial charge on any atom is 0.357 e. The highest BCUT2D eigenvalue weighted by Gasteiger charge is 2.14. The van der Waals surface area contributed by atoms with Crippen molar-refractivity contribution < 1.29 is 9.53 Å². The van der Waals surface area contributed by atoms with Crippen LogP contribution in [-0.4, -0.2) is 29.6 Å². The maximum atomic E-state index is 11.5.